The fourth-order valence-corrected chi connectivity index (χ4v) is 7.44. The molecule has 4 atom stereocenters. The second-order valence-corrected chi connectivity index (χ2v) is 11.9. The SMILES string of the molecule is Cc1cc(C(=O)NCC2CCC3CC2C3(C)C)cc(S(=O)(=O)C2CNCCO2)c1C. The summed E-state index contributed by atoms with van der Waals surface area (Å²) < 4.78 is 31.8. The van der Waals surface area contributed by atoms with Crippen LogP contribution in [-0.4, -0.2) is 46.0 Å². The number of aryl methyl sites for hydroxylation is 1. The van der Waals surface area contributed by atoms with E-state index in [9.17, 15) is 13.2 Å². The number of hydrogen-bond acceptors (Lipinski definition) is 5. The van der Waals surface area contributed by atoms with Crippen molar-refractivity contribution in [2.75, 3.05) is 26.2 Å². The molecule has 1 amide bonds. The quantitative estimate of drug-likeness (QED) is 0.744. The minimum absolute atomic E-state index is 0.196. The number of benzene rings is 1. The van der Waals surface area contributed by atoms with Gasteiger partial charge in [-0.3, -0.25) is 4.79 Å². The molecular formula is C23H34N2O4S. The Balaban J connectivity index is 1.51. The van der Waals surface area contributed by atoms with E-state index in [0.717, 1.165) is 17.9 Å². The molecule has 0 radical (unpaired) electrons. The number of ether oxygens (including phenoxy) is 1. The summed E-state index contributed by atoms with van der Waals surface area (Å²) in [4.78, 5) is 13.1. The molecule has 1 heterocycles. The molecule has 3 aliphatic carbocycles. The van der Waals surface area contributed by atoms with E-state index in [1.165, 1.54) is 18.9 Å². The number of amides is 1. The van der Waals surface area contributed by atoms with Crippen LogP contribution in [0.2, 0.25) is 0 Å². The Bertz CT molecular complexity index is 933. The van der Waals surface area contributed by atoms with Crippen LogP contribution < -0.4 is 10.6 Å². The smallest absolute Gasteiger partial charge is 0.251 e. The second kappa shape index (κ2) is 7.92. The number of nitrogens with one attached hydrogen (secondary N) is 2. The topological polar surface area (TPSA) is 84.5 Å². The van der Waals surface area contributed by atoms with Crippen LogP contribution >= 0.6 is 0 Å². The summed E-state index contributed by atoms with van der Waals surface area (Å²) >= 11 is 0. The van der Waals surface area contributed by atoms with E-state index in [-0.39, 0.29) is 17.3 Å². The molecule has 1 saturated heterocycles. The van der Waals surface area contributed by atoms with Gasteiger partial charge in [0.25, 0.3) is 5.91 Å². The van der Waals surface area contributed by atoms with Gasteiger partial charge in [0.1, 0.15) is 0 Å². The number of rotatable bonds is 5. The van der Waals surface area contributed by atoms with Crippen molar-refractivity contribution >= 4 is 15.7 Å². The minimum atomic E-state index is -3.69. The first-order valence-corrected chi connectivity index (χ1v) is 12.6. The summed E-state index contributed by atoms with van der Waals surface area (Å²) in [6.45, 7) is 10.3. The monoisotopic (exact) mass is 434 g/mol. The van der Waals surface area contributed by atoms with Crippen LogP contribution in [-0.2, 0) is 14.6 Å². The Labute approximate surface area is 180 Å². The van der Waals surface area contributed by atoms with E-state index in [1.807, 2.05) is 6.92 Å². The van der Waals surface area contributed by atoms with Gasteiger partial charge in [-0.1, -0.05) is 13.8 Å². The van der Waals surface area contributed by atoms with Crippen LogP contribution in [0.25, 0.3) is 0 Å². The lowest BCUT2D eigenvalue weighted by Gasteiger charge is -2.60. The molecule has 1 aliphatic heterocycles. The number of carbonyl (C=O) groups is 1. The molecule has 7 heteroatoms. The Kier molecular flexibility index (Phi) is 5.75. The van der Waals surface area contributed by atoms with Gasteiger partial charge in [0, 0.05) is 25.2 Å². The molecule has 1 aromatic carbocycles. The third-order valence-corrected chi connectivity index (χ3v) is 9.99. The van der Waals surface area contributed by atoms with Crippen molar-refractivity contribution in [3.63, 3.8) is 0 Å². The maximum Gasteiger partial charge on any atom is 0.251 e. The summed E-state index contributed by atoms with van der Waals surface area (Å²) in [5, 5.41) is 6.16. The lowest BCUT2D eigenvalue weighted by Crippen LogP contribution is -2.54. The summed E-state index contributed by atoms with van der Waals surface area (Å²) in [6.07, 6.45) is 3.68. The van der Waals surface area contributed by atoms with Crippen molar-refractivity contribution in [3.05, 3.63) is 28.8 Å². The standard InChI is InChI=1S/C23H34N2O4S/c1-14-9-17(10-20(15(14)2)30(27,28)21-13-24-7-8-29-21)22(26)25-12-16-5-6-18-11-19(16)23(18,3)4/h9-10,16,18-19,21,24H,5-8,11-13H2,1-4H3,(H,25,26). The predicted molar refractivity (Wildman–Crippen MR) is 116 cm³/mol. The van der Waals surface area contributed by atoms with Crippen LogP contribution in [0.15, 0.2) is 17.0 Å². The molecule has 166 valence electrons. The first-order chi connectivity index (χ1) is 14.1. The van der Waals surface area contributed by atoms with Crippen LogP contribution in [0.1, 0.15) is 54.6 Å². The molecule has 0 spiro atoms. The molecule has 3 saturated carbocycles. The van der Waals surface area contributed by atoms with Gasteiger partial charge in [-0.05, 0) is 79.5 Å². The van der Waals surface area contributed by atoms with Gasteiger partial charge in [0.05, 0.1) is 11.5 Å². The fraction of sp³-hybridized carbons (Fsp3) is 0.696. The summed E-state index contributed by atoms with van der Waals surface area (Å²) in [5.41, 5.74) is 1.34. The van der Waals surface area contributed by atoms with Crippen molar-refractivity contribution in [2.24, 2.45) is 23.2 Å². The van der Waals surface area contributed by atoms with Crippen molar-refractivity contribution < 1.29 is 17.9 Å². The van der Waals surface area contributed by atoms with E-state index in [2.05, 4.69) is 24.5 Å². The highest BCUT2D eigenvalue weighted by molar-refractivity contribution is 7.92. The zero-order valence-electron chi connectivity index (χ0n) is 18.5. The zero-order chi connectivity index (χ0) is 21.7. The molecule has 2 N–H and O–H groups in total. The predicted octanol–water partition coefficient (Wildman–Crippen LogP) is 2.83. The Morgan fingerprint density at radius 2 is 2.03 bits per heavy atom. The zero-order valence-corrected chi connectivity index (χ0v) is 19.3. The van der Waals surface area contributed by atoms with Crippen molar-refractivity contribution in [1.29, 1.82) is 0 Å². The van der Waals surface area contributed by atoms with E-state index >= 15 is 0 Å². The average molecular weight is 435 g/mol. The van der Waals surface area contributed by atoms with Crippen molar-refractivity contribution in [2.45, 2.75) is 57.3 Å². The number of hydrogen-bond donors (Lipinski definition) is 2. The van der Waals surface area contributed by atoms with Crippen molar-refractivity contribution in [1.82, 2.24) is 10.6 Å². The van der Waals surface area contributed by atoms with E-state index in [1.54, 1.807) is 13.0 Å². The highest BCUT2D eigenvalue weighted by Crippen LogP contribution is 2.61. The highest BCUT2D eigenvalue weighted by atomic mass is 32.2. The van der Waals surface area contributed by atoms with E-state index < -0.39 is 15.3 Å². The summed E-state index contributed by atoms with van der Waals surface area (Å²) in [7, 11) is -3.69. The molecule has 4 unspecified atom stereocenters. The first kappa shape index (κ1) is 21.8. The summed E-state index contributed by atoms with van der Waals surface area (Å²) in [6, 6.07) is 3.31. The summed E-state index contributed by atoms with van der Waals surface area (Å²) in [5.74, 6) is 1.81. The van der Waals surface area contributed by atoms with Crippen LogP contribution in [0.5, 0.6) is 0 Å². The van der Waals surface area contributed by atoms with Gasteiger partial charge in [0.2, 0.25) is 9.84 Å². The van der Waals surface area contributed by atoms with Crippen LogP contribution in [0.3, 0.4) is 0 Å². The molecule has 30 heavy (non-hydrogen) atoms. The molecular weight excluding hydrogens is 400 g/mol. The van der Waals surface area contributed by atoms with E-state index in [0.29, 0.717) is 48.1 Å². The number of carbonyl (C=O) groups excluding carboxylic acids is 1. The van der Waals surface area contributed by atoms with Gasteiger partial charge in [-0.2, -0.15) is 0 Å². The Morgan fingerprint density at radius 3 is 2.67 bits per heavy atom. The van der Waals surface area contributed by atoms with Gasteiger partial charge >= 0.3 is 0 Å². The minimum Gasteiger partial charge on any atom is -0.359 e. The fourth-order valence-electron chi connectivity index (χ4n) is 5.67. The Hall–Kier alpha value is -1.44. The van der Waals surface area contributed by atoms with Gasteiger partial charge in [0.15, 0.2) is 5.44 Å². The molecule has 6 nitrogen and oxygen atoms in total. The lowest BCUT2D eigenvalue weighted by atomic mass is 9.45. The molecule has 2 bridgehead atoms. The van der Waals surface area contributed by atoms with Gasteiger partial charge in [-0.25, -0.2) is 8.42 Å². The first-order valence-electron chi connectivity index (χ1n) is 11.1. The van der Waals surface area contributed by atoms with Gasteiger partial charge in [-0.15, -0.1) is 0 Å². The molecule has 5 rings (SSSR count). The number of morpholine rings is 1. The maximum atomic E-state index is 13.2. The van der Waals surface area contributed by atoms with Crippen LogP contribution in [0, 0.1) is 37.0 Å². The largest absolute Gasteiger partial charge is 0.359 e. The third-order valence-electron chi connectivity index (χ3n) is 7.95. The van der Waals surface area contributed by atoms with Crippen molar-refractivity contribution in [3.8, 4) is 0 Å². The third kappa shape index (κ3) is 3.69. The lowest BCUT2D eigenvalue weighted by molar-refractivity contribution is -0.103. The molecule has 0 aromatic heterocycles. The molecule has 4 fully saturated rings. The van der Waals surface area contributed by atoms with E-state index in [4.69, 9.17) is 4.74 Å². The van der Waals surface area contributed by atoms with Gasteiger partial charge < -0.3 is 15.4 Å². The number of fused-ring (bicyclic) bond motifs is 2. The normalized spacial score (nSPS) is 30.4. The number of sulfone groups is 1. The van der Waals surface area contributed by atoms with Crippen LogP contribution in [0.4, 0.5) is 0 Å². The molecule has 1 aromatic rings. The Morgan fingerprint density at radius 1 is 1.27 bits per heavy atom. The second-order valence-electron chi connectivity index (χ2n) is 9.87. The average Bonchev–Trinajstić information content (AvgIpc) is 2.74. The highest BCUT2D eigenvalue weighted by Gasteiger charge is 2.53. The molecule has 4 aliphatic rings. The maximum absolute atomic E-state index is 13.2.